The number of likely N-dealkylation sites (tertiary alicyclic amines) is 2. The van der Waals surface area contributed by atoms with Crippen molar-refractivity contribution in [3.05, 3.63) is 119 Å². The average molecular weight is 1080 g/mol. The second-order valence-corrected chi connectivity index (χ2v) is 21.6. The zero-order chi connectivity index (χ0) is 55.1. The Balaban J connectivity index is 0.698. The van der Waals surface area contributed by atoms with Crippen molar-refractivity contribution in [2.75, 3.05) is 57.4 Å². The summed E-state index contributed by atoms with van der Waals surface area (Å²) in [6.45, 7) is 10.1. The number of carbonyl (C=O) groups is 2. The first-order chi connectivity index (χ1) is 38.2. The minimum Gasteiger partial charge on any atom is -0.508 e. The maximum atomic E-state index is 17.1. The van der Waals surface area contributed by atoms with Crippen LogP contribution in [0.5, 0.6) is 17.6 Å². The number of anilines is 1. The molecule has 3 aromatic heterocycles. The first kappa shape index (κ1) is 53.2. The molecule has 5 unspecified atom stereocenters. The molecule has 410 valence electrons. The van der Waals surface area contributed by atoms with E-state index < -0.39 is 41.3 Å². The van der Waals surface area contributed by atoms with E-state index in [0.29, 0.717) is 73.5 Å². The number of aromatic nitrogens is 4. The molecule has 3 N–H and O–H groups in total. The number of ether oxygens (including phenoxy) is 2. The molecule has 4 aliphatic rings. The standard InChI is InChI=1S/C60H61F4N9O6/c1-5-42-45(61)18-15-38-26-41(74)27-43(52(38)42)55-54(64)56-44(29-65-55)57(72-30-39-16-17-40(31-72)67-39)69-60(68-56)77-25-24-71-22-19-35(20-23-71)32-78-50-28-49(79-70-50)51(33(2)3)59(76)73-21-7-10-48(73)58(75)66-34(4)36-11-13-37(14-12-36)53-46(62)8-6-9-47(53)63/h1,6,8-9,11-15,18,26-29,33-35,39-40,48,51,67,74H,7,10,16-17,19-25,30-32H2,2-4H3,(H,66,75). The highest BCUT2D eigenvalue weighted by Crippen LogP contribution is 2.40. The van der Waals surface area contributed by atoms with Gasteiger partial charge < -0.3 is 39.5 Å². The van der Waals surface area contributed by atoms with Crippen molar-refractivity contribution >= 4 is 39.3 Å². The maximum Gasteiger partial charge on any atom is 0.319 e. The number of piperazine rings is 1. The first-order valence-corrected chi connectivity index (χ1v) is 27.1. The highest BCUT2D eigenvalue weighted by molar-refractivity contribution is 6.03. The number of phenols is 1. The van der Waals surface area contributed by atoms with Crippen LogP contribution in [0.1, 0.15) is 88.1 Å². The van der Waals surface area contributed by atoms with E-state index in [0.717, 1.165) is 44.3 Å². The summed E-state index contributed by atoms with van der Waals surface area (Å²) >= 11 is 0. The number of benzene rings is 4. The Morgan fingerprint density at radius 1 is 0.899 bits per heavy atom. The number of terminal acetylenes is 1. The van der Waals surface area contributed by atoms with E-state index in [9.17, 15) is 23.5 Å². The van der Waals surface area contributed by atoms with Crippen molar-refractivity contribution in [2.24, 2.45) is 11.8 Å². The van der Waals surface area contributed by atoms with Gasteiger partial charge in [0.1, 0.15) is 58.8 Å². The molecule has 4 fully saturated rings. The molecule has 4 aliphatic heterocycles. The first-order valence-electron chi connectivity index (χ1n) is 27.1. The third-order valence-corrected chi connectivity index (χ3v) is 16.0. The number of fused-ring (bicyclic) bond motifs is 4. The number of nitrogens with zero attached hydrogens (tertiary/aromatic N) is 7. The summed E-state index contributed by atoms with van der Waals surface area (Å²) in [5, 5.41) is 22.6. The second kappa shape index (κ2) is 22.5. The molecule has 2 amide bonds. The highest BCUT2D eigenvalue weighted by Gasteiger charge is 2.41. The number of carbonyl (C=O) groups excluding carboxylic acids is 2. The molecule has 11 rings (SSSR count). The minimum absolute atomic E-state index is 0.0110. The molecule has 4 saturated heterocycles. The number of amides is 2. The topological polar surface area (TPSA) is 171 Å². The number of rotatable bonds is 16. The predicted molar refractivity (Wildman–Crippen MR) is 289 cm³/mol. The minimum atomic E-state index is -0.780. The Hall–Kier alpha value is -7.82. The largest absolute Gasteiger partial charge is 0.508 e. The van der Waals surface area contributed by atoms with Gasteiger partial charge in [-0.2, -0.15) is 9.97 Å². The molecule has 5 atom stereocenters. The van der Waals surface area contributed by atoms with Gasteiger partial charge in [0, 0.05) is 61.5 Å². The van der Waals surface area contributed by atoms with E-state index in [2.05, 4.69) is 41.5 Å². The fourth-order valence-corrected chi connectivity index (χ4v) is 11.9. The van der Waals surface area contributed by atoms with Crippen LogP contribution in [0.3, 0.4) is 0 Å². The summed E-state index contributed by atoms with van der Waals surface area (Å²) in [6.07, 6.45) is 12.1. The fourth-order valence-electron chi connectivity index (χ4n) is 11.9. The van der Waals surface area contributed by atoms with Crippen LogP contribution in [0, 0.1) is 47.4 Å². The number of nitrogens with one attached hydrogen (secondary N) is 2. The summed E-state index contributed by atoms with van der Waals surface area (Å²) < 4.78 is 79.1. The molecule has 0 aliphatic carbocycles. The molecular weight excluding hydrogens is 1020 g/mol. The zero-order valence-corrected chi connectivity index (χ0v) is 44.2. The van der Waals surface area contributed by atoms with Gasteiger partial charge in [-0.25, -0.2) is 17.6 Å². The molecule has 15 nitrogen and oxygen atoms in total. The van der Waals surface area contributed by atoms with Crippen molar-refractivity contribution in [1.29, 1.82) is 0 Å². The number of piperidine rings is 1. The molecule has 0 saturated carbocycles. The number of phenolic OH excluding ortho intramolecular Hbond substituents is 1. The Morgan fingerprint density at radius 2 is 1.65 bits per heavy atom. The number of aromatic hydroxyl groups is 1. The molecule has 79 heavy (non-hydrogen) atoms. The van der Waals surface area contributed by atoms with Crippen molar-refractivity contribution in [1.82, 2.24) is 40.5 Å². The summed E-state index contributed by atoms with van der Waals surface area (Å²) in [5.41, 5.74) is 0.910. The lowest BCUT2D eigenvalue weighted by Gasteiger charge is -2.34. The van der Waals surface area contributed by atoms with Crippen molar-refractivity contribution in [3.8, 4) is 52.4 Å². The van der Waals surface area contributed by atoms with Crippen molar-refractivity contribution in [3.63, 3.8) is 0 Å². The summed E-state index contributed by atoms with van der Waals surface area (Å²) in [6, 6.07) is 17.0. The summed E-state index contributed by atoms with van der Waals surface area (Å²) in [7, 11) is 0. The van der Waals surface area contributed by atoms with Gasteiger partial charge in [0.2, 0.25) is 11.8 Å². The monoisotopic (exact) mass is 1080 g/mol. The van der Waals surface area contributed by atoms with Crippen LogP contribution in [-0.2, 0) is 9.59 Å². The SMILES string of the molecule is C#Cc1c(F)ccc2cc(O)cc(-c3ncc4c(N5CC6CCC(C5)N6)nc(OCCN5CCC(COc6cc(C(C(=O)N7CCCC7C(=O)NC(C)c7ccc(-c8c(F)cccc8F)cc7)C(C)C)on6)CC5)nc4c3F)c12. The van der Waals surface area contributed by atoms with Crippen LogP contribution >= 0.6 is 0 Å². The van der Waals surface area contributed by atoms with Gasteiger partial charge in [-0.3, -0.25) is 19.5 Å². The van der Waals surface area contributed by atoms with E-state index >= 15 is 8.78 Å². The molecular formula is C60H61F4N9O6. The predicted octanol–water partition coefficient (Wildman–Crippen LogP) is 9.46. The third kappa shape index (κ3) is 10.9. The lowest BCUT2D eigenvalue weighted by atomic mass is 9.91. The van der Waals surface area contributed by atoms with E-state index in [4.69, 9.17) is 25.4 Å². The average Bonchev–Trinajstić information content (AvgIpc) is 4.27. The molecule has 0 spiro atoms. The van der Waals surface area contributed by atoms with Crippen LogP contribution in [0.15, 0.2) is 83.5 Å². The smallest absolute Gasteiger partial charge is 0.319 e. The number of hydrogen-bond acceptors (Lipinski definition) is 13. The number of pyridine rings is 1. The molecule has 2 bridgehead atoms. The number of hydrogen-bond donors (Lipinski definition) is 3. The van der Waals surface area contributed by atoms with Crippen molar-refractivity contribution < 1.29 is 46.3 Å². The van der Waals surface area contributed by atoms with Crippen LogP contribution in [0.2, 0.25) is 0 Å². The van der Waals surface area contributed by atoms with Gasteiger partial charge in [-0.05, 0) is 122 Å². The van der Waals surface area contributed by atoms with Crippen LogP contribution < -0.4 is 25.0 Å². The van der Waals surface area contributed by atoms with Gasteiger partial charge in [-0.1, -0.05) is 56.2 Å². The number of halogens is 4. The van der Waals surface area contributed by atoms with E-state index in [1.807, 2.05) is 20.8 Å². The molecule has 4 aromatic carbocycles. The zero-order valence-electron chi connectivity index (χ0n) is 44.2. The van der Waals surface area contributed by atoms with Crippen LogP contribution in [-0.4, -0.2) is 117 Å². The summed E-state index contributed by atoms with van der Waals surface area (Å²) in [4.78, 5) is 48.0. The lowest BCUT2D eigenvalue weighted by molar-refractivity contribution is -0.141. The van der Waals surface area contributed by atoms with Crippen molar-refractivity contribution in [2.45, 2.75) is 89.4 Å². The lowest BCUT2D eigenvalue weighted by Crippen LogP contribution is -2.51. The normalized spacial score (nSPS) is 19.5. The fraction of sp³-hybridized carbons (Fsp3) is 0.400. The molecule has 7 heterocycles. The summed E-state index contributed by atoms with van der Waals surface area (Å²) in [5.74, 6) is -0.558. The van der Waals surface area contributed by atoms with Gasteiger partial charge in [-0.15, -0.1) is 6.42 Å². The van der Waals surface area contributed by atoms with Gasteiger partial charge in [0.05, 0.1) is 29.2 Å². The van der Waals surface area contributed by atoms with E-state index in [1.54, 1.807) is 35.2 Å². The van der Waals surface area contributed by atoms with E-state index in [1.165, 1.54) is 48.7 Å². The Labute approximate surface area is 454 Å². The molecule has 7 aromatic rings. The highest BCUT2D eigenvalue weighted by atomic mass is 19.1. The molecule has 19 heteroatoms. The Kier molecular flexibility index (Phi) is 15.2. The Bertz CT molecular complexity index is 3440. The van der Waals surface area contributed by atoms with Crippen LogP contribution in [0.4, 0.5) is 23.4 Å². The second-order valence-electron chi connectivity index (χ2n) is 21.6. The van der Waals surface area contributed by atoms with Crippen LogP contribution in [0.25, 0.3) is 44.1 Å². The Morgan fingerprint density at radius 3 is 2.37 bits per heavy atom. The molecule has 0 radical (unpaired) electrons. The van der Waals surface area contributed by atoms with Gasteiger partial charge in [0.15, 0.2) is 11.6 Å². The van der Waals surface area contributed by atoms with Gasteiger partial charge in [0.25, 0.3) is 5.88 Å². The van der Waals surface area contributed by atoms with Gasteiger partial charge >= 0.3 is 6.01 Å². The van der Waals surface area contributed by atoms with E-state index in [-0.39, 0.29) is 93.3 Å². The third-order valence-electron chi connectivity index (χ3n) is 16.0. The maximum absolute atomic E-state index is 17.1. The quantitative estimate of drug-likeness (QED) is 0.0618.